The van der Waals surface area contributed by atoms with Crippen molar-refractivity contribution in [1.29, 1.82) is 0 Å². The Balaban J connectivity index is 1.71. The number of fused-ring (bicyclic) bond motifs is 1. The first-order valence-electron chi connectivity index (χ1n) is 7.61. The first-order chi connectivity index (χ1) is 11.2. The quantitative estimate of drug-likeness (QED) is 0.499. The molecule has 0 bridgehead atoms. The van der Waals surface area contributed by atoms with Crippen LogP contribution in [0.2, 0.25) is 0 Å². The number of benzene rings is 2. The molecule has 1 aliphatic rings. The van der Waals surface area contributed by atoms with Gasteiger partial charge in [-0.15, -0.1) is 0 Å². The molecule has 4 heteroatoms. The maximum atomic E-state index is 13.0. The Bertz CT molecular complexity index is 931. The van der Waals surface area contributed by atoms with Crippen molar-refractivity contribution in [3.05, 3.63) is 71.6 Å². The fraction of sp³-hybridized carbons (Fsp3) is 0.105. The summed E-state index contributed by atoms with van der Waals surface area (Å²) in [5, 5.41) is 13.7. The van der Waals surface area contributed by atoms with Crippen molar-refractivity contribution in [2.45, 2.75) is 12.8 Å². The van der Waals surface area contributed by atoms with Crippen molar-refractivity contribution in [2.24, 2.45) is 0 Å². The molecule has 2 aromatic carbocycles. The summed E-state index contributed by atoms with van der Waals surface area (Å²) >= 11 is 0. The van der Waals surface area contributed by atoms with Crippen molar-refractivity contribution in [1.82, 2.24) is 4.98 Å². The molecular weight excluding hydrogens is 288 g/mol. The summed E-state index contributed by atoms with van der Waals surface area (Å²) < 4.78 is 0. The highest BCUT2D eigenvalue weighted by atomic mass is 16.3. The number of carbonyl (C=O) groups excluding carboxylic acids is 1. The number of allylic oxidation sites excluding steroid dienone is 2. The van der Waals surface area contributed by atoms with Crippen LogP contribution in [0.5, 0.6) is 5.75 Å². The number of hydrogen-bond donors (Lipinski definition) is 3. The molecule has 4 nitrogen and oxygen atoms in total. The predicted molar refractivity (Wildman–Crippen MR) is 90.6 cm³/mol. The number of carbonyl (C=O) groups is 1. The van der Waals surface area contributed by atoms with Gasteiger partial charge in [-0.05, 0) is 36.6 Å². The van der Waals surface area contributed by atoms with Crippen LogP contribution in [0.4, 0.5) is 5.69 Å². The van der Waals surface area contributed by atoms with Crippen LogP contribution in [0.1, 0.15) is 23.2 Å². The van der Waals surface area contributed by atoms with Crippen molar-refractivity contribution in [3.8, 4) is 5.75 Å². The minimum atomic E-state index is -0.0155. The van der Waals surface area contributed by atoms with E-state index in [2.05, 4.69) is 10.3 Å². The number of ketones is 1. The number of H-pyrrole nitrogens is 1. The molecule has 0 atom stereocenters. The Labute approximate surface area is 133 Å². The van der Waals surface area contributed by atoms with Gasteiger partial charge < -0.3 is 15.4 Å². The molecule has 0 unspecified atom stereocenters. The number of nitrogens with one attached hydrogen (secondary N) is 2. The van der Waals surface area contributed by atoms with Gasteiger partial charge in [-0.2, -0.15) is 0 Å². The highest BCUT2D eigenvalue weighted by Crippen LogP contribution is 2.35. The molecule has 0 spiro atoms. The van der Waals surface area contributed by atoms with Gasteiger partial charge in [0.1, 0.15) is 5.75 Å². The number of rotatable bonds is 4. The van der Waals surface area contributed by atoms with Gasteiger partial charge in [0.15, 0.2) is 0 Å². The van der Waals surface area contributed by atoms with Gasteiger partial charge in [-0.3, -0.25) is 4.79 Å². The highest BCUT2D eigenvalue weighted by Gasteiger charge is 2.25. The fourth-order valence-electron chi connectivity index (χ4n) is 2.74. The third-order valence-corrected chi connectivity index (χ3v) is 4.03. The molecule has 23 heavy (non-hydrogen) atoms. The number of aromatic nitrogens is 1. The normalized spacial score (nSPS) is 13.1. The van der Waals surface area contributed by atoms with Gasteiger partial charge in [0.05, 0.1) is 5.70 Å². The van der Waals surface area contributed by atoms with E-state index in [-0.39, 0.29) is 11.5 Å². The van der Waals surface area contributed by atoms with Crippen molar-refractivity contribution < 1.29 is 9.90 Å². The van der Waals surface area contributed by atoms with Crippen LogP contribution in [-0.4, -0.2) is 15.9 Å². The van der Waals surface area contributed by atoms with E-state index >= 15 is 0 Å². The summed E-state index contributed by atoms with van der Waals surface area (Å²) in [6.07, 6.45) is 3.64. The van der Waals surface area contributed by atoms with Gasteiger partial charge >= 0.3 is 0 Å². The molecule has 1 fully saturated rings. The average molecular weight is 304 g/mol. The number of phenolic OH excluding ortho intramolecular Hbond substituents is 1. The van der Waals surface area contributed by atoms with E-state index in [1.165, 1.54) is 0 Å². The van der Waals surface area contributed by atoms with Crippen LogP contribution in [0.3, 0.4) is 0 Å². The molecular formula is C19H16N2O2. The lowest BCUT2D eigenvalue weighted by Crippen LogP contribution is -2.12. The van der Waals surface area contributed by atoms with E-state index in [1.54, 1.807) is 24.4 Å². The summed E-state index contributed by atoms with van der Waals surface area (Å²) in [7, 11) is 0. The maximum Gasteiger partial charge on any atom is 0.211 e. The SMILES string of the molecule is O=C(C(Nc1cccc(O)c1)=C1CC1)c1c[nH]c2ccccc12. The highest BCUT2D eigenvalue weighted by molar-refractivity contribution is 6.17. The van der Waals surface area contributed by atoms with Crippen LogP contribution in [0.15, 0.2) is 66.0 Å². The molecule has 0 saturated heterocycles. The summed E-state index contributed by atoms with van der Waals surface area (Å²) in [5.74, 6) is 0.160. The first kappa shape index (κ1) is 13.6. The Morgan fingerprint density at radius 1 is 1.09 bits per heavy atom. The standard InChI is InChI=1S/C19H16N2O2/c22-14-5-3-4-13(10-14)21-18(12-8-9-12)19(23)16-11-20-17-7-2-1-6-15(16)17/h1-7,10-11,20-22H,8-9H2. The minimum Gasteiger partial charge on any atom is -0.508 e. The molecule has 0 radical (unpaired) electrons. The Kier molecular flexibility index (Phi) is 3.15. The Morgan fingerprint density at radius 2 is 1.91 bits per heavy atom. The van der Waals surface area contributed by atoms with Gasteiger partial charge in [0.25, 0.3) is 0 Å². The zero-order valence-corrected chi connectivity index (χ0v) is 12.5. The van der Waals surface area contributed by atoms with Crippen molar-refractivity contribution in [3.63, 3.8) is 0 Å². The van der Waals surface area contributed by atoms with Gasteiger partial charge in [0, 0.05) is 34.4 Å². The largest absolute Gasteiger partial charge is 0.508 e. The minimum absolute atomic E-state index is 0.0155. The number of aromatic hydroxyl groups is 1. The van der Waals surface area contributed by atoms with Crippen LogP contribution < -0.4 is 5.32 Å². The lowest BCUT2D eigenvalue weighted by atomic mass is 10.1. The third kappa shape index (κ3) is 2.59. The number of phenols is 1. The first-order valence-corrected chi connectivity index (χ1v) is 7.61. The molecule has 1 saturated carbocycles. The van der Waals surface area contributed by atoms with Crippen LogP contribution in [0.25, 0.3) is 10.9 Å². The van der Waals surface area contributed by atoms with Gasteiger partial charge in [0.2, 0.25) is 5.78 Å². The summed E-state index contributed by atoms with van der Waals surface area (Å²) in [6, 6.07) is 14.6. The number of hydrogen-bond acceptors (Lipinski definition) is 3. The van der Waals surface area contributed by atoms with E-state index in [0.29, 0.717) is 16.9 Å². The summed E-state index contributed by atoms with van der Waals surface area (Å²) in [6.45, 7) is 0. The molecule has 1 heterocycles. The summed E-state index contributed by atoms with van der Waals surface area (Å²) in [5.41, 5.74) is 4.09. The zero-order chi connectivity index (χ0) is 15.8. The predicted octanol–water partition coefficient (Wildman–Crippen LogP) is 4.22. The van der Waals surface area contributed by atoms with E-state index in [9.17, 15) is 9.90 Å². The molecule has 3 aromatic rings. The molecule has 0 amide bonds. The van der Waals surface area contributed by atoms with E-state index in [4.69, 9.17) is 0 Å². The number of para-hydroxylation sites is 1. The molecule has 1 aliphatic carbocycles. The van der Waals surface area contributed by atoms with Crippen molar-refractivity contribution >= 4 is 22.4 Å². The molecule has 3 N–H and O–H groups in total. The summed E-state index contributed by atoms with van der Waals surface area (Å²) in [4.78, 5) is 16.1. The smallest absolute Gasteiger partial charge is 0.211 e. The van der Waals surface area contributed by atoms with Gasteiger partial charge in [-0.1, -0.05) is 24.3 Å². The second-order valence-corrected chi connectivity index (χ2v) is 5.73. The molecule has 114 valence electrons. The lowest BCUT2D eigenvalue weighted by molar-refractivity contribution is 0.103. The number of anilines is 1. The monoisotopic (exact) mass is 304 g/mol. The van der Waals surface area contributed by atoms with E-state index in [1.807, 2.05) is 30.3 Å². The average Bonchev–Trinajstić information content (AvgIpc) is 3.31. The Hall–Kier alpha value is -3.01. The third-order valence-electron chi connectivity index (χ3n) is 4.03. The van der Waals surface area contributed by atoms with Crippen LogP contribution in [-0.2, 0) is 0 Å². The van der Waals surface area contributed by atoms with Crippen molar-refractivity contribution in [2.75, 3.05) is 5.32 Å². The Morgan fingerprint density at radius 3 is 2.70 bits per heavy atom. The molecule has 0 aliphatic heterocycles. The van der Waals surface area contributed by atoms with Gasteiger partial charge in [-0.25, -0.2) is 0 Å². The number of aromatic amines is 1. The van der Waals surface area contributed by atoms with E-state index < -0.39 is 0 Å². The number of Topliss-reactive ketones (excluding diaryl/α,β-unsaturated/α-hetero) is 1. The molecule has 1 aromatic heterocycles. The van der Waals surface area contributed by atoms with E-state index in [0.717, 1.165) is 29.3 Å². The zero-order valence-electron chi connectivity index (χ0n) is 12.5. The topological polar surface area (TPSA) is 65.1 Å². The van der Waals surface area contributed by atoms with Crippen LogP contribution in [0, 0.1) is 0 Å². The van der Waals surface area contributed by atoms with Crippen LogP contribution >= 0.6 is 0 Å². The lowest BCUT2D eigenvalue weighted by Gasteiger charge is -2.10. The molecule has 4 rings (SSSR count). The fourth-order valence-corrected chi connectivity index (χ4v) is 2.74. The second kappa shape index (κ2) is 5.32. The maximum absolute atomic E-state index is 13.0. The second-order valence-electron chi connectivity index (χ2n) is 5.73.